The van der Waals surface area contributed by atoms with Crippen LogP contribution >= 0.6 is 0 Å². The quantitative estimate of drug-likeness (QED) is 0.226. The smallest absolute Gasteiger partial charge is 0.549 e. The fraction of sp³-hybridized carbons (Fsp3) is 0.889. The Labute approximate surface area is 195 Å². The Morgan fingerprint density at radius 1 is 0.960 bits per heavy atom. The third kappa shape index (κ3) is 20.7. The summed E-state index contributed by atoms with van der Waals surface area (Å²) in [5.74, 6) is -1.17. The normalized spacial score (nSPS) is 10.5. The molecule has 142 valence electrons. The molecule has 1 amide bonds. The zero-order valence-corrected chi connectivity index (χ0v) is 19.3. The monoisotopic (exact) mass is 382 g/mol. The minimum atomic E-state index is -1.18. The van der Waals surface area contributed by atoms with Gasteiger partial charge in [-0.1, -0.05) is 58.3 Å². The predicted octanol–water partition coefficient (Wildman–Crippen LogP) is -1.93. The molecular formula is C18H35KN2O4. The van der Waals surface area contributed by atoms with Crippen LogP contribution in [0.1, 0.15) is 71.1 Å². The van der Waals surface area contributed by atoms with Gasteiger partial charge in [-0.05, 0) is 6.42 Å². The van der Waals surface area contributed by atoms with E-state index >= 15 is 0 Å². The van der Waals surface area contributed by atoms with Crippen LogP contribution in [0.5, 0.6) is 0 Å². The zero-order chi connectivity index (χ0) is 18.0. The van der Waals surface area contributed by atoms with Crippen molar-refractivity contribution < 1.29 is 71.2 Å². The maximum absolute atomic E-state index is 11.7. The van der Waals surface area contributed by atoms with E-state index in [1.165, 1.54) is 44.9 Å². The van der Waals surface area contributed by atoms with Gasteiger partial charge in [0, 0.05) is 32.6 Å². The average molecular weight is 383 g/mol. The standard InChI is InChI=1S/C18H36N2O4.K/c1-2-3-4-5-6-7-8-9-10-11-17(22)19-12-13-20(14-15-21)16-18(23)24;/h21H,2-16H2,1H3,(H,19,22)(H,23,24);/q;+1/p-1. The van der Waals surface area contributed by atoms with Crippen molar-refractivity contribution in [2.75, 3.05) is 32.8 Å². The summed E-state index contributed by atoms with van der Waals surface area (Å²) in [6.45, 7) is 2.94. The molecule has 0 aromatic carbocycles. The molecule has 0 aromatic heterocycles. The van der Waals surface area contributed by atoms with Gasteiger partial charge < -0.3 is 20.3 Å². The van der Waals surface area contributed by atoms with Crippen molar-refractivity contribution in [1.82, 2.24) is 10.2 Å². The molecule has 0 aliphatic rings. The first-order valence-corrected chi connectivity index (χ1v) is 9.40. The number of aliphatic carboxylic acids is 1. The predicted molar refractivity (Wildman–Crippen MR) is 93.4 cm³/mol. The number of nitrogens with one attached hydrogen (secondary N) is 1. The van der Waals surface area contributed by atoms with Crippen LogP contribution < -0.4 is 61.8 Å². The van der Waals surface area contributed by atoms with E-state index in [4.69, 9.17) is 5.11 Å². The number of amides is 1. The average Bonchev–Trinajstić information content (AvgIpc) is 2.53. The second-order valence-electron chi connectivity index (χ2n) is 6.30. The number of carbonyl (C=O) groups is 2. The van der Waals surface area contributed by atoms with Crippen LogP contribution in [0.4, 0.5) is 0 Å². The summed E-state index contributed by atoms with van der Waals surface area (Å²) >= 11 is 0. The Morgan fingerprint density at radius 2 is 1.52 bits per heavy atom. The summed E-state index contributed by atoms with van der Waals surface area (Å²) in [7, 11) is 0. The van der Waals surface area contributed by atoms with Crippen LogP contribution in [0.15, 0.2) is 0 Å². The van der Waals surface area contributed by atoms with Crippen LogP contribution in [0.25, 0.3) is 0 Å². The van der Waals surface area contributed by atoms with Crippen molar-refractivity contribution in [1.29, 1.82) is 0 Å². The summed E-state index contributed by atoms with van der Waals surface area (Å²) in [5.41, 5.74) is 0. The number of aliphatic hydroxyl groups is 1. The van der Waals surface area contributed by atoms with Crippen molar-refractivity contribution in [3.63, 3.8) is 0 Å². The molecule has 0 unspecified atom stereocenters. The molecule has 0 bridgehead atoms. The summed E-state index contributed by atoms with van der Waals surface area (Å²) in [5, 5.41) is 22.2. The molecule has 0 aliphatic carbocycles. The summed E-state index contributed by atoms with van der Waals surface area (Å²) in [6, 6.07) is 0. The van der Waals surface area contributed by atoms with Crippen molar-refractivity contribution in [2.24, 2.45) is 0 Å². The van der Waals surface area contributed by atoms with E-state index in [1.807, 2.05) is 0 Å². The molecule has 0 spiro atoms. The maximum Gasteiger partial charge on any atom is 1.00 e. The van der Waals surface area contributed by atoms with Crippen LogP contribution in [0.3, 0.4) is 0 Å². The van der Waals surface area contributed by atoms with Crippen LogP contribution in [-0.4, -0.2) is 54.7 Å². The van der Waals surface area contributed by atoms with E-state index in [1.54, 1.807) is 4.90 Å². The number of nitrogens with zero attached hydrogens (tertiary/aromatic N) is 1. The molecule has 7 heteroatoms. The van der Waals surface area contributed by atoms with Crippen molar-refractivity contribution >= 4 is 11.9 Å². The van der Waals surface area contributed by atoms with E-state index < -0.39 is 5.97 Å². The van der Waals surface area contributed by atoms with Gasteiger partial charge in [-0.25, -0.2) is 0 Å². The van der Waals surface area contributed by atoms with Crippen molar-refractivity contribution in [2.45, 2.75) is 71.1 Å². The van der Waals surface area contributed by atoms with Crippen LogP contribution in [0.2, 0.25) is 0 Å². The van der Waals surface area contributed by atoms with Gasteiger partial charge >= 0.3 is 51.4 Å². The topological polar surface area (TPSA) is 92.7 Å². The summed E-state index contributed by atoms with van der Waals surface area (Å²) in [6.07, 6.45) is 11.5. The first-order chi connectivity index (χ1) is 11.6. The van der Waals surface area contributed by atoms with Gasteiger partial charge in [0.05, 0.1) is 12.6 Å². The Kier molecular flexibility index (Phi) is 23.1. The Bertz CT molecular complexity index is 330. The van der Waals surface area contributed by atoms with Gasteiger partial charge in [-0.15, -0.1) is 0 Å². The third-order valence-electron chi connectivity index (χ3n) is 4.03. The number of hydrogen-bond donors (Lipinski definition) is 2. The molecule has 0 saturated heterocycles. The molecule has 0 radical (unpaired) electrons. The van der Waals surface area contributed by atoms with Gasteiger partial charge in [0.1, 0.15) is 0 Å². The van der Waals surface area contributed by atoms with Gasteiger partial charge in [-0.3, -0.25) is 9.69 Å². The zero-order valence-electron chi connectivity index (χ0n) is 16.2. The van der Waals surface area contributed by atoms with Crippen molar-refractivity contribution in [3.8, 4) is 0 Å². The number of hydrogen-bond acceptors (Lipinski definition) is 5. The fourth-order valence-corrected chi connectivity index (χ4v) is 2.63. The van der Waals surface area contributed by atoms with Crippen LogP contribution in [-0.2, 0) is 9.59 Å². The number of rotatable bonds is 17. The van der Waals surface area contributed by atoms with Gasteiger partial charge in [0.25, 0.3) is 0 Å². The van der Waals surface area contributed by atoms with E-state index in [-0.39, 0.29) is 77.0 Å². The summed E-state index contributed by atoms with van der Waals surface area (Å²) < 4.78 is 0. The molecule has 0 heterocycles. The first-order valence-electron chi connectivity index (χ1n) is 9.40. The minimum Gasteiger partial charge on any atom is -0.549 e. The van der Waals surface area contributed by atoms with E-state index in [9.17, 15) is 14.7 Å². The Morgan fingerprint density at radius 3 is 2.04 bits per heavy atom. The first kappa shape index (κ1) is 27.7. The Hall–Kier alpha value is 0.496. The van der Waals surface area contributed by atoms with Crippen LogP contribution in [0, 0.1) is 0 Å². The fourth-order valence-electron chi connectivity index (χ4n) is 2.63. The number of unbranched alkanes of at least 4 members (excludes halogenated alkanes) is 8. The second kappa shape index (κ2) is 20.8. The van der Waals surface area contributed by atoms with Gasteiger partial charge in [0.15, 0.2) is 0 Å². The number of carboxylic acids is 1. The molecule has 0 atom stereocenters. The number of carbonyl (C=O) groups excluding carboxylic acids is 2. The molecular weight excluding hydrogens is 347 g/mol. The molecule has 0 saturated carbocycles. The molecule has 0 aliphatic heterocycles. The minimum absolute atomic E-state index is 0. The molecule has 2 N–H and O–H groups in total. The number of aliphatic hydroxyl groups excluding tert-OH is 1. The third-order valence-corrected chi connectivity index (χ3v) is 4.03. The maximum atomic E-state index is 11.7. The molecule has 25 heavy (non-hydrogen) atoms. The summed E-state index contributed by atoms with van der Waals surface area (Å²) in [4.78, 5) is 23.8. The van der Waals surface area contributed by atoms with Gasteiger partial charge in [-0.2, -0.15) is 0 Å². The van der Waals surface area contributed by atoms with E-state index in [0.29, 0.717) is 19.5 Å². The SMILES string of the molecule is CCCCCCCCCCCC(=O)NCCN(CCO)CC(=O)[O-].[K+]. The molecule has 0 rings (SSSR count). The number of carboxylic acid groups (broad SMARTS) is 1. The molecule has 6 nitrogen and oxygen atoms in total. The van der Waals surface area contributed by atoms with E-state index in [2.05, 4.69) is 12.2 Å². The second-order valence-corrected chi connectivity index (χ2v) is 6.30. The molecule has 0 fully saturated rings. The van der Waals surface area contributed by atoms with Crippen molar-refractivity contribution in [3.05, 3.63) is 0 Å². The molecule has 0 aromatic rings. The van der Waals surface area contributed by atoms with E-state index in [0.717, 1.165) is 12.8 Å². The largest absolute Gasteiger partial charge is 1.00 e. The Balaban J connectivity index is 0. The van der Waals surface area contributed by atoms with Gasteiger partial charge in [0.2, 0.25) is 5.91 Å².